The van der Waals surface area contributed by atoms with E-state index >= 15 is 0 Å². The molecular formula is C16H22ClNO. The van der Waals surface area contributed by atoms with Crippen LogP contribution in [0.25, 0.3) is 0 Å². The third-order valence-corrected chi connectivity index (χ3v) is 5.02. The van der Waals surface area contributed by atoms with E-state index in [1.54, 1.807) is 0 Å². The van der Waals surface area contributed by atoms with Crippen LogP contribution in [0.2, 0.25) is 5.02 Å². The maximum absolute atomic E-state index is 10.4. The van der Waals surface area contributed by atoms with Crippen molar-refractivity contribution in [1.82, 2.24) is 5.32 Å². The minimum Gasteiger partial charge on any atom is -0.506 e. The van der Waals surface area contributed by atoms with Gasteiger partial charge in [0, 0.05) is 0 Å². The van der Waals surface area contributed by atoms with E-state index in [1.807, 2.05) is 0 Å². The number of piperidine rings is 1. The molecule has 3 rings (SSSR count). The second-order valence-corrected chi connectivity index (χ2v) is 6.23. The Labute approximate surface area is 120 Å². The highest BCUT2D eigenvalue weighted by Gasteiger charge is 2.23. The molecule has 0 spiro atoms. The van der Waals surface area contributed by atoms with Crippen LogP contribution in [0.15, 0.2) is 6.07 Å². The first kappa shape index (κ1) is 13.3. The molecule has 1 aromatic carbocycles. The van der Waals surface area contributed by atoms with E-state index in [-0.39, 0.29) is 0 Å². The number of hydrogen-bond acceptors (Lipinski definition) is 2. The maximum atomic E-state index is 10.4. The number of rotatable bonds is 1. The molecule has 0 aromatic heterocycles. The van der Waals surface area contributed by atoms with Crippen molar-refractivity contribution in [1.29, 1.82) is 0 Å². The largest absolute Gasteiger partial charge is 0.506 e. The summed E-state index contributed by atoms with van der Waals surface area (Å²) in [5.41, 5.74) is 3.68. The Morgan fingerprint density at radius 2 is 1.84 bits per heavy atom. The van der Waals surface area contributed by atoms with Crippen molar-refractivity contribution in [2.45, 2.75) is 50.9 Å². The number of hydrogen-bond donors (Lipinski definition) is 2. The lowest BCUT2D eigenvalue weighted by molar-refractivity contribution is 0.424. The maximum Gasteiger partial charge on any atom is 0.137 e. The molecule has 1 aliphatic heterocycles. The van der Waals surface area contributed by atoms with Gasteiger partial charge in [-0.1, -0.05) is 24.1 Å². The fourth-order valence-electron chi connectivity index (χ4n) is 3.49. The predicted octanol–water partition coefficient (Wildman–Crippen LogP) is 3.78. The van der Waals surface area contributed by atoms with Crippen LogP contribution in [-0.2, 0) is 12.8 Å². The van der Waals surface area contributed by atoms with Gasteiger partial charge in [0.1, 0.15) is 5.75 Å². The molecular weight excluding hydrogens is 258 g/mol. The Balaban J connectivity index is 2.00. The highest BCUT2D eigenvalue weighted by atomic mass is 35.5. The summed E-state index contributed by atoms with van der Waals surface area (Å²) in [5, 5.41) is 14.5. The number of halogens is 1. The summed E-state index contributed by atoms with van der Waals surface area (Å²) in [6, 6.07) is 2.25. The summed E-state index contributed by atoms with van der Waals surface area (Å²) < 4.78 is 0. The van der Waals surface area contributed by atoms with Gasteiger partial charge in [-0.3, -0.25) is 0 Å². The highest BCUT2D eigenvalue weighted by molar-refractivity contribution is 6.33. The van der Waals surface area contributed by atoms with E-state index < -0.39 is 0 Å². The number of benzene rings is 1. The zero-order valence-corrected chi connectivity index (χ0v) is 12.1. The lowest BCUT2D eigenvalue weighted by atomic mass is 9.86. The molecule has 0 amide bonds. The highest BCUT2D eigenvalue weighted by Crippen LogP contribution is 2.41. The number of phenolic OH excluding ortho intramolecular Hbond substituents is 1. The molecule has 1 saturated heterocycles. The molecule has 0 atom stereocenters. The standard InChI is InChI=1S/C16H22ClNO/c17-15-13-5-3-1-2-4-12(13)10-14(16(15)19)11-6-8-18-9-7-11/h10-11,18-19H,1-9H2. The normalized spacial score (nSPS) is 20.9. The van der Waals surface area contributed by atoms with Crippen LogP contribution in [0.5, 0.6) is 5.75 Å². The molecule has 2 N–H and O–H groups in total. The van der Waals surface area contributed by atoms with Gasteiger partial charge in [0.15, 0.2) is 0 Å². The Bertz CT molecular complexity index is 466. The van der Waals surface area contributed by atoms with Crippen molar-refractivity contribution in [3.63, 3.8) is 0 Å². The van der Waals surface area contributed by atoms with Gasteiger partial charge in [0.05, 0.1) is 5.02 Å². The summed E-state index contributed by atoms with van der Waals surface area (Å²) >= 11 is 6.44. The van der Waals surface area contributed by atoms with Crippen molar-refractivity contribution < 1.29 is 5.11 Å². The van der Waals surface area contributed by atoms with Crippen molar-refractivity contribution in [3.8, 4) is 5.75 Å². The Hall–Kier alpha value is -0.730. The van der Waals surface area contributed by atoms with Gasteiger partial charge in [-0.2, -0.15) is 0 Å². The average molecular weight is 280 g/mol. The zero-order valence-electron chi connectivity index (χ0n) is 11.3. The van der Waals surface area contributed by atoms with Gasteiger partial charge in [-0.25, -0.2) is 0 Å². The van der Waals surface area contributed by atoms with E-state index in [4.69, 9.17) is 11.6 Å². The van der Waals surface area contributed by atoms with E-state index in [9.17, 15) is 5.11 Å². The zero-order chi connectivity index (χ0) is 13.2. The second kappa shape index (κ2) is 5.72. The minimum absolute atomic E-state index is 0.356. The third kappa shape index (κ3) is 2.61. The van der Waals surface area contributed by atoms with Gasteiger partial charge in [0.2, 0.25) is 0 Å². The lowest BCUT2D eigenvalue weighted by Crippen LogP contribution is -2.26. The van der Waals surface area contributed by atoms with Crippen molar-refractivity contribution in [3.05, 3.63) is 27.8 Å². The molecule has 0 radical (unpaired) electrons. The van der Waals surface area contributed by atoms with Crippen LogP contribution < -0.4 is 5.32 Å². The summed E-state index contributed by atoms with van der Waals surface area (Å²) in [5.74, 6) is 0.821. The Kier molecular flexibility index (Phi) is 3.99. The molecule has 1 aromatic rings. The van der Waals surface area contributed by atoms with E-state index in [2.05, 4.69) is 11.4 Å². The van der Waals surface area contributed by atoms with Crippen LogP contribution >= 0.6 is 11.6 Å². The quantitative estimate of drug-likeness (QED) is 0.767. The SMILES string of the molecule is Oc1c(C2CCNCC2)cc2c(c1Cl)CCCCC2. The van der Waals surface area contributed by atoms with Crippen LogP contribution in [0.4, 0.5) is 0 Å². The van der Waals surface area contributed by atoms with Crippen LogP contribution in [0, 0.1) is 0 Å². The fourth-order valence-corrected chi connectivity index (χ4v) is 3.81. The minimum atomic E-state index is 0.356. The molecule has 1 aliphatic carbocycles. The van der Waals surface area contributed by atoms with Gasteiger partial charge >= 0.3 is 0 Å². The number of aromatic hydroxyl groups is 1. The molecule has 0 unspecified atom stereocenters. The molecule has 1 fully saturated rings. The first-order chi connectivity index (χ1) is 9.27. The smallest absolute Gasteiger partial charge is 0.137 e. The molecule has 19 heavy (non-hydrogen) atoms. The summed E-state index contributed by atoms with van der Waals surface area (Å²) in [7, 11) is 0. The van der Waals surface area contributed by atoms with Gasteiger partial charge in [-0.05, 0) is 74.2 Å². The molecule has 3 heteroatoms. The molecule has 104 valence electrons. The van der Waals surface area contributed by atoms with Crippen molar-refractivity contribution >= 4 is 11.6 Å². The first-order valence-corrected chi connectivity index (χ1v) is 7.89. The van der Waals surface area contributed by atoms with Crippen molar-refractivity contribution in [2.75, 3.05) is 13.1 Å². The van der Waals surface area contributed by atoms with Crippen LogP contribution in [0.1, 0.15) is 54.7 Å². The average Bonchev–Trinajstić information content (AvgIpc) is 2.69. The molecule has 0 bridgehead atoms. The topological polar surface area (TPSA) is 32.3 Å². The predicted molar refractivity (Wildman–Crippen MR) is 79.2 cm³/mol. The van der Waals surface area contributed by atoms with E-state index in [1.165, 1.54) is 30.4 Å². The molecule has 0 saturated carbocycles. The van der Waals surface area contributed by atoms with Crippen LogP contribution in [0.3, 0.4) is 0 Å². The second-order valence-electron chi connectivity index (χ2n) is 5.85. The van der Waals surface area contributed by atoms with Crippen LogP contribution in [-0.4, -0.2) is 18.2 Å². The number of fused-ring (bicyclic) bond motifs is 1. The summed E-state index contributed by atoms with van der Waals surface area (Å²) in [6.45, 7) is 2.08. The fraction of sp³-hybridized carbons (Fsp3) is 0.625. The number of phenols is 1. The lowest BCUT2D eigenvalue weighted by Gasteiger charge is -2.25. The monoisotopic (exact) mass is 279 g/mol. The summed E-state index contributed by atoms with van der Waals surface area (Å²) in [6.07, 6.45) is 8.06. The van der Waals surface area contributed by atoms with E-state index in [0.717, 1.165) is 44.3 Å². The first-order valence-electron chi connectivity index (χ1n) is 7.51. The number of nitrogens with one attached hydrogen (secondary N) is 1. The number of aryl methyl sites for hydroxylation is 1. The van der Waals surface area contributed by atoms with Gasteiger partial charge in [-0.15, -0.1) is 0 Å². The summed E-state index contributed by atoms with van der Waals surface area (Å²) in [4.78, 5) is 0. The van der Waals surface area contributed by atoms with Crippen molar-refractivity contribution in [2.24, 2.45) is 0 Å². The van der Waals surface area contributed by atoms with Gasteiger partial charge < -0.3 is 10.4 Å². The molecule has 2 nitrogen and oxygen atoms in total. The molecule has 1 heterocycles. The third-order valence-electron chi connectivity index (χ3n) is 4.62. The Morgan fingerprint density at radius 3 is 2.63 bits per heavy atom. The molecule has 2 aliphatic rings. The van der Waals surface area contributed by atoms with E-state index in [0.29, 0.717) is 16.7 Å². The Morgan fingerprint density at radius 1 is 1.11 bits per heavy atom. The van der Waals surface area contributed by atoms with Gasteiger partial charge in [0.25, 0.3) is 0 Å².